The summed E-state index contributed by atoms with van der Waals surface area (Å²) in [5.74, 6) is 0. The summed E-state index contributed by atoms with van der Waals surface area (Å²) in [6, 6.07) is 0. The number of hydrogen-bond acceptors (Lipinski definition) is 1. The Morgan fingerprint density at radius 2 is 2.00 bits per heavy atom. The molecule has 0 rings (SSSR count). The van der Waals surface area contributed by atoms with Crippen LogP contribution < -0.4 is 0 Å². The van der Waals surface area contributed by atoms with Crippen LogP contribution in [-0.2, 0) is 4.74 Å². The van der Waals surface area contributed by atoms with E-state index in [0.717, 1.165) is 19.1 Å². The molecule has 1 radical (unpaired) electrons. The summed E-state index contributed by atoms with van der Waals surface area (Å²) in [6.45, 7) is 6.90. The van der Waals surface area contributed by atoms with Crippen molar-refractivity contribution in [2.45, 2.75) is 27.2 Å². The molecule has 0 aliphatic rings. The van der Waals surface area contributed by atoms with Gasteiger partial charge in [-0.05, 0) is 20.3 Å². The third-order valence-electron chi connectivity index (χ3n) is 0.595. The van der Waals surface area contributed by atoms with E-state index in [4.69, 9.17) is 4.74 Å². The lowest BCUT2D eigenvalue weighted by atomic mass is 10.4. The fraction of sp³-hybridized carbons (Fsp3) is 0.833. The Hall–Kier alpha value is -0.0400. The summed E-state index contributed by atoms with van der Waals surface area (Å²) in [4.78, 5) is 0. The molecule has 0 spiro atoms. The largest absolute Gasteiger partial charge is 0.373 e. The summed E-state index contributed by atoms with van der Waals surface area (Å²) in [7, 11) is 0. The van der Waals surface area contributed by atoms with E-state index in [1.54, 1.807) is 0 Å². The monoisotopic (exact) mass is 101 g/mol. The zero-order valence-electron chi connectivity index (χ0n) is 5.32. The standard InChI is InChI=1S/C6H13O/c1-4-5-7-6(2)3/h4-5H2,1-3H3. The van der Waals surface area contributed by atoms with Gasteiger partial charge in [0.1, 0.15) is 0 Å². The van der Waals surface area contributed by atoms with E-state index in [1.165, 1.54) is 0 Å². The van der Waals surface area contributed by atoms with Gasteiger partial charge in [0.2, 0.25) is 0 Å². The first-order valence-corrected chi connectivity index (χ1v) is 2.70. The molecule has 0 bridgehead atoms. The lowest BCUT2D eigenvalue weighted by molar-refractivity contribution is 0.157. The predicted octanol–water partition coefficient (Wildman–Crippen LogP) is 1.98. The van der Waals surface area contributed by atoms with Gasteiger partial charge >= 0.3 is 0 Å². The molecule has 0 aromatic carbocycles. The molecule has 0 amide bonds. The zero-order chi connectivity index (χ0) is 5.70. The van der Waals surface area contributed by atoms with Gasteiger partial charge in [0, 0.05) is 6.61 Å². The van der Waals surface area contributed by atoms with Crippen LogP contribution in [-0.4, -0.2) is 6.61 Å². The van der Waals surface area contributed by atoms with Gasteiger partial charge in [-0.2, -0.15) is 0 Å². The summed E-state index contributed by atoms with van der Waals surface area (Å²) >= 11 is 0. The smallest absolute Gasteiger partial charge is 0.0909 e. The predicted molar refractivity (Wildman–Crippen MR) is 30.8 cm³/mol. The van der Waals surface area contributed by atoms with E-state index < -0.39 is 0 Å². The van der Waals surface area contributed by atoms with E-state index in [-0.39, 0.29) is 0 Å². The minimum Gasteiger partial charge on any atom is -0.373 e. The Kier molecular flexibility index (Phi) is 4.10. The first kappa shape index (κ1) is 6.96. The SMILES string of the molecule is CCCO[C](C)C. The van der Waals surface area contributed by atoms with E-state index >= 15 is 0 Å². The van der Waals surface area contributed by atoms with E-state index in [1.807, 2.05) is 13.8 Å². The van der Waals surface area contributed by atoms with Gasteiger partial charge in [-0.3, -0.25) is 0 Å². The Morgan fingerprint density at radius 1 is 1.43 bits per heavy atom. The molecule has 0 aromatic rings. The minimum absolute atomic E-state index is 0.863. The normalized spacial score (nSPS) is 10.3. The summed E-state index contributed by atoms with van der Waals surface area (Å²) in [6.07, 6.45) is 2.16. The van der Waals surface area contributed by atoms with Crippen LogP contribution in [0.5, 0.6) is 0 Å². The third kappa shape index (κ3) is 5.96. The Bertz CT molecular complexity index is 33.2. The highest BCUT2D eigenvalue weighted by Gasteiger charge is 1.88. The highest BCUT2D eigenvalue weighted by Crippen LogP contribution is 1.96. The van der Waals surface area contributed by atoms with Gasteiger partial charge in [-0.1, -0.05) is 6.92 Å². The van der Waals surface area contributed by atoms with Crippen molar-refractivity contribution in [1.29, 1.82) is 0 Å². The van der Waals surface area contributed by atoms with Crippen molar-refractivity contribution in [3.63, 3.8) is 0 Å². The molecule has 0 saturated heterocycles. The number of ether oxygens (including phenoxy) is 1. The van der Waals surface area contributed by atoms with Crippen molar-refractivity contribution >= 4 is 0 Å². The van der Waals surface area contributed by atoms with Crippen LogP contribution in [0.4, 0.5) is 0 Å². The van der Waals surface area contributed by atoms with Gasteiger partial charge in [0.05, 0.1) is 6.10 Å². The summed E-state index contributed by atoms with van der Waals surface area (Å²) < 4.78 is 5.11. The molecule has 0 aromatic heterocycles. The van der Waals surface area contributed by atoms with Crippen molar-refractivity contribution < 1.29 is 4.74 Å². The van der Waals surface area contributed by atoms with Crippen molar-refractivity contribution in [1.82, 2.24) is 0 Å². The molecule has 0 atom stereocenters. The highest BCUT2D eigenvalue weighted by atomic mass is 16.5. The minimum atomic E-state index is 0.863. The molecule has 0 aliphatic heterocycles. The quantitative estimate of drug-likeness (QED) is 0.528. The Balaban J connectivity index is 2.68. The second-order valence-corrected chi connectivity index (χ2v) is 1.76. The molecule has 0 saturated carbocycles. The maximum Gasteiger partial charge on any atom is 0.0909 e. The maximum atomic E-state index is 5.11. The molecule has 0 aliphatic carbocycles. The summed E-state index contributed by atoms with van der Waals surface area (Å²) in [5.41, 5.74) is 0. The maximum absolute atomic E-state index is 5.11. The zero-order valence-corrected chi connectivity index (χ0v) is 5.32. The van der Waals surface area contributed by atoms with Gasteiger partial charge in [0.15, 0.2) is 0 Å². The molecule has 0 unspecified atom stereocenters. The van der Waals surface area contributed by atoms with Crippen molar-refractivity contribution in [2.24, 2.45) is 0 Å². The number of hydrogen-bond donors (Lipinski definition) is 0. The second-order valence-electron chi connectivity index (χ2n) is 1.76. The van der Waals surface area contributed by atoms with Gasteiger partial charge in [-0.15, -0.1) is 0 Å². The van der Waals surface area contributed by atoms with E-state index in [2.05, 4.69) is 6.92 Å². The highest BCUT2D eigenvalue weighted by molar-refractivity contribution is 4.58. The van der Waals surface area contributed by atoms with Crippen LogP contribution in [0.15, 0.2) is 0 Å². The van der Waals surface area contributed by atoms with Gasteiger partial charge < -0.3 is 4.74 Å². The van der Waals surface area contributed by atoms with Crippen molar-refractivity contribution in [3.8, 4) is 0 Å². The molecule has 0 fully saturated rings. The first-order chi connectivity index (χ1) is 3.27. The first-order valence-electron chi connectivity index (χ1n) is 2.70. The molecular formula is C6H13O. The number of rotatable bonds is 3. The van der Waals surface area contributed by atoms with Crippen LogP contribution in [0, 0.1) is 6.10 Å². The third-order valence-corrected chi connectivity index (χ3v) is 0.595. The van der Waals surface area contributed by atoms with Gasteiger partial charge in [-0.25, -0.2) is 0 Å². The fourth-order valence-corrected chi connectivity index (χ4v) is 0.306. The average Bonchev–Trinajstić information content (AvgIpc) is 1.61. The molecular weight excluding hydrogens is 88.1 g/mol. The van der Waals surface area contributed by atoms with Crippen LogP contribution >= 0.6 is 0 Å². The lowest BCUT2D eigenvalue weighted by Gasteiger charge is -2.01. The van der Waals surface area contributed by atoms with Crippen molar-refractivity contribution in [2.75, 3.05) is 6.61 Å². The average molecular weight is 101 g/mol. The van der Waals surface area contributed by atoms with Crippen LogP contribution in [0.25, 0.3) is 0 Å². The second kappa shape index (κ2) is 4.13. The topological polar surface area (TPSA) is 9.23 Å². The van der Waals surface area contributed by atoms with Gasteiger partial charge in [0.25, 0.3) is 0 Å². The molecule has 0 N–H and O–H groups in total. The molecule has 1 nitrogen and oxygen atoms in total. The lowest BCUT2D eigenvalue weighted by Crippen LogP contribution is -1.93. The molecule has 1 heteroatoms. The van der Waals surface area contributed by atoms with Crippen LogP contribution in [0.1, 0.15) is 27.2 Å². The molecule has 43 valence electrons. The molecule has 7 heavy (non-hydrogen) atoms. The Morgan fingerprint density at radius 3 is 2.14 bits per heavy atom. The fourth-order valence-electron chi connectivity index (χ4n) is 0.306. The van der Waals surface area contributed by atoms with Crippen LogP contribution in [0.3, 0.4) is 0 Å². The Labute approximate surface area is 45.7 Å². The van der Waals surface area contributed by atoms with Crippen LogP contribution in [0.2, 0.25) is 0 Å². The molecule has 0 heterocycles. The summed E-state index contributed by atoms with van der Waals surface area (Å²) in [5, 5.41) is 0. The van der Waals surface area contributed by atoms with Crippen molar-refractivity contribution in [3.05, 3.63) is 6.10 Å². The van der Waals surface area contributed by atoms with E-state index in [9.17, 15) is 0 Å². The van der Waals surface area contributed by atoms with E-state index in [0.29, 0.717) is 0 Å².